The van der Waals surface area contributed by atoms with E-state index in [2.05, 4.69) is 31.3 Å². The van der Waals surface area contributed by atoms with E-state index in [0.717, 1.165) is 17.7 Å². The summed E-state index contributed by atoms with van der Waals surface area (Å²) in [5.74, 6) is -0.0685. The Morgan fingerprint density at radius 1 is 1.15 bits per heavy atom. The van der Waals surface area contributed by atoms with E-state index in [-0.39, 0.29) is 17.6 Å². The summed E-state index contributed by atoms with van der Waals surface area (Å²) in [4.78, 5) is 0. The average molecular weight is 273 g/mol. The summed E-state index contributed by atoms with van der Waals surface area (Å²) >= 11 is 0. The molecule has 1 unspecified atom stereocenters. The highest BCUT2D eigenvalue weighted by atomic mass is 19.1. The lowest BCUT2D eigenvalue weighted by Gasteiger charge is -2.14. The van der Waals surface area contributed by atoms with Crippen LogP contribution in [0, 0.1) is 5.82 Å². The highest BCUT2D eigenvalue weighted by molar-refractivity contribution is 5.65. The quantitative estimate of drug-likeness (QED) is 0.882. The number of ether oxygens (including phenoxy) is 1. The fraction of sp³-hybridized carbons (Fsp3) is 0.294. The molecule has 2 nitrogen and oxygen atoms in total. The molecular formula is C17H20FNO. The molecule has 0 fully saturated rings. The fourth-order valence-electron chi connectivity index (χ4n) is 2.26. The van der Waals surface area contributed by atoms with Crippen LogP contribution < -0.4 is 10.1 Å². The molecule has 0 heterocycles. The summed E-state index contributed by atoms with van der Waals surface area (Å²) in [7, 11) is 1.47. The molecule has 0 amide bonds. The van der Waals surface area contributed by atoms with E-state index in [4.69, 9.17) is 4.74 Å². The van der Waals surface area contributed by atoms with Crippen molar-refractivity contribution in [2.24, 2.45) is 0 Å². The smallest absolute Gasteiger partial charge is 0.165 e. The predicted molar refractivity (Wildman–Crippen MR) is 80.5 cm³/mol. The van der Waals surface area contributed by atoms with Crippen LogP contribution in [-0.4, -0.2) is 13.7 Å². The van der Waals surface area contributed by atoms with Crippen LogP contribution in [0.1, 0.15) is 25.5 Å². The van der Waals surface area contributed by atoms with Gasteiger partial charge in [-0.25, -0.2) is 4.39 Å². The van der Waals surface area contributed by atoms with Crippen molar-refractivity contribution in [2.75, 3.05) is 13.7 Å². The van der Waals surface area contributed by atoms with Crippen molar-refractivity contribution in [3.63, 3.8) is 0 Å². The van der Waals surface area contributed by atoms with Crippen LogP contribution in [0.3, 0.4) is 0 Å². The van der Waals surface area contributed by atoms with E-state index < -0.39 is 0 Å². The van der Waals surface area contributed by atoms with E-state index in [0.29, 0.717) is 0 Å². The number of rotatable bonds is 5. The Morgan fingerprint density at radius 3 is 2.55 bits per heavy atom. The van der Waals surface area contributed by atoms with E-state index in [1.807, 2.05) is 18.2 Å². The second kappa shape index (κ2) is 6.53. The van der Waals surface area contributed by atoms with E-state index in [9.17, 15) is 4.39 Å². The first-order valence-corrected chi connectivity index (χ1v) is 6.83. The monoisotopic (exact) mass is 273 g/mol. The average Bonchev–Trinajstić information content (AvgIpc) is 2.47. The van der Waals surface area contributed by atoms with E-state index in [1.54, 1.807) is 6.07 Å². The molecule has 106 valence electrons. The van der Waals surface area contributed by atoms with Gasteiger partial charge in [-0.2, -0.15) is 0 Å². The molecule has 3 heteroatoms. The van der Waals surface area contributed by atoms with Gasteiger partial charge >= 0.3 is 0 Å². The number of nitrogens with one attached hydrogen (secondary N) is 1. The van der Waals surface area contributed by atoms with Gasteiger partial charge in [-0.1, -0.05) is 31.2 Å². The molecule has 0 saturated carbocycles. The van der Waals surface area contributed by atoms with Crippen LogP contribution in [0.15, 0.2) is 42.5 Å². The molecule has 0 spiro atoms. The van der Waals surface area contributed by atoms with Crippen LogP contribution in [0.2, 0.25) is 0 Å². The molecule has 0 aliphatic rings. The van der Waals surface area contributed by atoms with Gasteiger partial charge in [-0.05, 0) is 48.4 Å². The van der Waals surface area contributed by atoms with Crippen molar-refractivity contribution in [3.8, 4) is 16.9 Å². The van der Waals surface area contributed by atoms with E-state index in [1.165, 1.54) is 18.7 Å². The topological polar surface area (TPSA) is 21.3 Å². The zero-order chi connectivity index (χ0) is 14.5. The third kappa shape index (κ3) is 3.17. The van der Waals surface area contributed by atoms with Crippen molar-refractivity contribution in [1.29, 1.82) is 0 Å². The predicted octanol–water partition coefficient (Wildman–Crippen LogP) is 4.17. The maximum Gasteiger partial charge on any atom is 0.165 e. The Kier molecular flexibility index (Phi) is 4.74. The summed E-state index contributed by atoms with van der Waals surface area (Å²) in [5, 5.41) is 3.38. The zero-order valence-corrected chi connectivity index (χ0v) is 12.1. The first-order valence-electron chi connectivity index (χ1n) is 6.83. The zero-order valence-electron chi connectivity index (χ0n) is 12.1. The number of methoxy groups -OCH3 is 1. The molecular weight excluding hydrogens is 253 g/mol. The standard InChI is InChI=1S/C17H20FNO/c1-4-19-12(2)13-6-5-7-14(10-13)15-8-9-17(20-3)16(18)11-15/h5-12,19H,4H2,1-3H3. The Morgan fingerprint density at radius 2 is 1.90 bits per heavy atom. The molecule has 2 aromatic rings. The highest BCUT2D eigenvalue weighted by Crippen LogP contribution is 2.27. The number of hydrogen-bond acceptors (Lipinski definition) is 2. The van der Waals surface area contributed by atoms with Gasteiger partial charge in [0.05, 0.1) is 7.11 Å². The first-order chi connectivity index (χ1) is 9.65. The molecule has 2 aromatic carbocycles. The summed E-state index contributed by atoms with van der Waals surface area (Å²) in [6.07, 6.45) is 0. The van der Waals surface area contributed by atoms with Crippen LogP contribution in [-0.2, 0) is 0 Å². The molecule has 0 aliphatic heterocycles. The van der Waals surface area contributed by atoms with E-state index >= 15 is 0 Å². The van der Waals surface area contributed by atoms with Gasteiger partial charge in [0.25, 0.3) is 0 Å². The third-order valence-electron chi connectivity index (χ3n) is 3.38. The summed E-state index contributed by atoms with van der Waals surface area (Å²) in [5.41, 5.74) is 3.06. The molecule has 2 rings (SSSR count). The highest BCUT2D eigenvalue weighted by Gasteiger charge is 2.08. The normalized spacial score (nSPS) is 12.2. The second-order valence-corrected chi connectivity index (χ2v) is 4.75. The summed E-state index contributed by atoms with van der Waals surface area (Å²) in [6.45, 7) is 5.12. The fourth-order valence-corrected chi connectivity index (χ4v) is 2.26. The van der Waals surface area contributed by atoms with Crippen molar-refractivity contribution in [3.05, 3.63) is 53.8 Å². The summed E-state index contributed by atoms with van der Waals surface area (Å²) in [6, 6.07) is 13.5. The van der Waals surface area contributed by atoms with Crippen molar-refractivity contribution in [2.45, 2.75) is 19.9 Å². The summed E-state index contributed by atoms with van der Waals surface area (Å²) < 4.78 is 18.7. The van der Waals surface area contributed by atoms with Gasteiger partial charge in [-0.15, -0.1) is 0 Å². The first kappa shape index (κ1) is 14.5. The third-order valence-corrected chi connectivity index (χ3v) is 3.38. The molecule has 0 saturated heterocycles. The molecule has 0 radical (unpaired) electrons. The Hall–Kier alpha value is -1.87. The lowest BCUT2D eigenvalue weighted by Crippen LogP contribution is -2.17. The lowest BCUT2D eigenvalue weighted by molar-refractivity contribution is 0.386. The van der Waals surface area contributed by atoms with Gasteiger partial charge in [0.2, 0.25) is 0 Å². The minimum Gasteiger partial charge on any atom is -0.494 e. The van der Waals surface area contributed by atoms with Gasteiger partial charge in [0.1, 0.15) is 0 Å². The molecule has 1 N–H and O–H groups in total. The minimum atomic E-state index is -0.338. The van der Waals surface area contributed by atoms with Gasteiger partial charge in [-0.3, -0.25) is 0 Å². The number of hydrogen-bond donors (Lipinski definition) is 1. The maximum absolute atomic E-state index is 13.8. The van der Waals surface area contributed by atoms with Crippen LogP contribution >= 0.6 is 0 Å². The Bertz CT molecular complexity index is 583. The molecule has 0 aliphatic carbocycles. The molecule has 0 aromatic heterocycles. The molecule has 0 bridgehead atoms. The largest absolute Gasteiger partial charge is 0.494 e. The van der Waals surface area contributed by atoms with Crippen LogP contribution in [0.4, 0.5) is 4.39 Å². The van der Waals surface area contributed by atoms with Crippen LogP contribution in [0.25, 0.3) is 11.1 Å². The van der Waals surface area contributed by atoms with Crippen LogP contribution in [0.5, 0.6) is 5.75 Å². The lowest BCUT2D eigenvalue weighted by atomic mass is 10.00. The SMILES string of the molecule is CCNC(C)c1cccc(-c2ccc(OC)c(F)c2)c1. The van der Waals surface area contributed by atoms with Gasteiger partial charge in [0, 0.05) is 6.04 Å². The molecule has 1 atom stereocenters. The number of benzene rings is 2. The maximum atomic E-state index is 13.8. The van der Waals surface area contributed by atoms with Gasteiger partial charge < -0.3 is 10.1 Å². The Labute approximate surface area is 119 Å². The number of halogens is 1. The second-order valence-electron chi connectivity index (χ2n) is 4.75. The van der Waals surface area contributed by atoms with Crippen molar-refractivity contribution in [1.82, 2.24) is 5.32 Å². The van der Waals surface area contributed by atoms with Crippen molar-refractivity contribution < 1.29 is 9.13 Å². The Balaban J connectivity index is 2.33. The van der Waals surface area contributed by atoms with Gasteiger partial charge in [0.15, 0.2) is 11.6 Å². The minimum absolute atomic E-state index is 0.269. The van der Waals surface area contributed by atoms with Crippen molar-refractivity contribution >= 4 is 0 Å². The molecule has 20 heavy (non-hydrogen) atoms.